The van der Waals surface area contributed by atoms with E-state index in [0.717, 1.165) is 19.4 Å². The van der Waals surface area contributed by atoms with E-state index < -0.39 is 10.2 Å². The van der Waals surface area contributed by atoms with Gasteiger partial charge < -0.3 is 5.32 Å². The summed E-state index contributed by atoms with van der Waals surface area (Å²) in [6, 6.07) is 3.70. The maximum atomic E-state index is 12.3. The number of anilines is 1. The van der Waals surface area contributed by atoms with Gasteiger partial charge in [-0.2, -0.15) is 17.8 Å². The first-order valence-electron chi connectivity index (χ1n) is 7.26. The van der Waals surface area contributed by atoms with Crippen LogP contribution in [0, 0.1) is 5.92 Å². The van der Waals surface area contributed by atoms with Crippen molar-refractivity contribution in [1.29, 1.82) is 0 Å². The molecule has 0 spiro atoms. The number of nitrogens with one attached hydrogen (secondary N) is 2. The molecule has 0 aromatic carbocycles. The predicted molar refractivity (Wildman–Crippen MR) is 82.0 cm³/mol. The van der Waals surface area contributed by atoms with Crippen molar-refractivity contribution < 1.29 is 8.42 Å². The first-order chi connectivity index (χ1) is 9.97. The van der Waals surface area contributed by atoms with E-state index in [0.29, 0.717) is 25.0 Å². The lowest BCUT2D eigenvalue weighted by Crippen LogP contribution is -2.43. The van der Waals surface area contributed by atoms with Crippen molar-refractivity contribution in [3.05, 3.63) is 18.3 Å². The molecule has 1 aliphatic heterocycles. The van der Waals surface area contributed by atoms with Crippen molar-refractivity contribution in [1.82, 2.24) is 19.8 Å². The standard InChI is InChI=1S/C13H23N5O2S/c1-11(2)14-10-12-5-8-18(9-6-12)21(19,20)17-13-4-3-7-15-16-13/h3-4,7,11-12,14H,5-6,8-10H2,1-2H3,(H,16,17). The van der Waals surface area contributed by atoms with Crippen molar-refractivity contribution in [2.45, 2.75) is 32.7 Å². The summed E-state index contributed by atoms with van der Waals surface area (Å²) in [6.07, 6.45) is 3.26. The summed E-state index contributed by atoms with van der Waals surface area (Å²) in [5, 5.41) is 10.8. The number of piperidine rings is 1. The van der Waals surface area contributed by atoms with Gasteiger partial charge in [0, 0.05) is 25.3 Å². The molecule has 118 valence electrons. The molecule has 2 heterocycles. The quantitative estimate of drug-likeness (QED) is 0.813. The molecule has 0 bridgehead atoms. The third-order valence-corrected chi connectivity index (χ3v) is 5.05. The minimum atomic E-state index is -3.53. The fourth-order valence-electron chi connectivity index (χ4n) is 2.31. The van der Waals surface area contributed by atoms with Crippen LogP contribution in [0.1, 0.15) is 26.7 Å². The zero-order chi connectivity index (χ0) is 15.3. The Bertz CT molecular complexity index is 527. The predicted octanol–water partition coefficient (Wildman–Crippen LogP) is 0.843. The summed E-state index contributed by atoms with van der Waals surface area (Å²) < 4.78 is 28.5. The van der Waals surface area contributed by atoms with Gasteiger partial charge in [0.25, 0.3) is 0 Å². The van der Waals surface area contributed by atoms with Crippen molar-refractivity contribution in [3.8, 4) is 0 Å². The molecule has 0 saturated carbocycles. The Morgan fingerprint density at radius 2 is 2.10 bits per heavy atom. The van der Waals surface area contributed by atoms with Crippen LogP contribution < -0.4 is 10.0 Å². The molecule has 1 saturated heterocycles. The number of hydrogen-bond acceptors (Lipinski definition) is 5. The SMILES string of the molecule is CC(C)NCC1CCN(S(=O)(=O)Nc2cccnn2)CC1. The van der Waals surface area contributed by atoms with Gasteiger partial charge in [0.1, 0.15) is 0 Å². The van der Waals surface area contributed by atoms with E-state index in [1.165, 1.54) is 10.5 Å². The van der Waals surface area contributed by atoms with Crippen LogP contribution in [0.3, 0.4) is 0 Å². The van der Waals surface area contributed by atoms with Crippen molar-refractivity contribution in [2.24, 2.45) is 5.92 Å². The van der Waals surface area contributed by atoms with E-state index in [1.54, 1.807) is 12.1 Å². The molecule has 1 fully saturated rings. The van der Waals surface area contributed by atoms with Crippen LogP contribution in [-0.2, 0) is 10.2 Å². The lowest BCUT2D eigenvalue weighted by molar-refractivity contribution is 0.265. The van der Waals surface area contributed by atoms with E-state index >= 15 is 0 Å². The van der Waals surface area contributed by atoms with Gasteiger partial charge in [-0.1, -0.05) is 13.8 Å². The number of hydrogen-bond donors (Lipinski definition) is 2. The molecule has 2 N–H and O–H groups in total. The second-order valence-corrected chi connectivity index (χ2v) is 7.29. The molecular weight excluding hydrogens is 290 g/mol. The molecule has 7 nitrogen and oxygen atoms in total. The van der Waals surface area contributed by atoms with Crippen LogP contribution in [0.25, 0.3) is 0 Å². The van der Waals surface area contributed by atoms with Crippen LogP contribution in [0.15, 0.2) is 18.3 Å². The van der Waals surface area contributed by atoms with Crippen LogP contribution in [-0.4, -0.2) is 48.6 Å². The molecule has 0 radical (unpaired) electrons. The van der Waals surface area contributed by atoms with Gasteiger partial charge in [-0.05, 0) is 37.4 Å². The maximum Gasteiger partial charge on any atom is 0.302 e. The summed E-state index contributed by atoms with van der Waals surface area (Å²) in [5.41, 5.74) is 0. The molecule has 2 rings (SSSR count). The van der Waals surface area contributed by atoms with Crippen LogP contribution in [0.5, 0.6) is 0 Å². The van der Waals surface area contributed by atoms with Gasteiger partial charge >= 0.3 is 10.2 Å². The fourth-order valence-corrected chi connectivity index (χ4v) is 3.50. The molecule has 0 unspecified atom stereocenters. The van der Waals surface area contributed by atoms with Crippen LogP contribution >= 0.6 is 0 Å². The Morgan fingerprint density at radius 1 is 1.38 bits per heavy atom. The largest absolute Gasteiger partial charge is 0.314 e. The van der Waals surface area contributed by atoms with Crippen LogP contribution in [0.2, 0.25) is 0 Å². The van der Waals surface area contributed by atoms with Crippen molar-refractivity contribution in [3.63, 3.8) is 0 Å². The van der Waals surface area contributed by atoms with Gasteiger partial charge in [-0.3, -0.25) is 4.72 Å². The van der Waals surface area contributed by atoms with Crippen molar-refractivity contribution >= 4 is 16.0 Å². The molecule has 8 heteroatoms. The minimum absolute atomic E-state index is 0.251. The van der Waals surface area contributed by atoms with Gasteiger partial charge in [0.15, 0.2) is 5.82 Å². The van der Waals surface area contributed by atoms with Crippen molar-refractivity contribution in [2.75, 3.05) is 24.4 Å². The highest BCUT2D eigenvalue weighted by Crippen LogP contribution is 2.20. The molecular formula is C13H23N5O2S. The van der Waals surface area contributed by atoms with E-state index in [9.17, 15) is 8.42 Å². The summed E-state index contributed by atoms with van der Waals surface area (Å²) in [5.74, 6) is 0.788. The van der Waals surface area contributed by atoms with Crippen LogP contribution in [0.4, 0.5) is 5.82 Å². The minimum Gasteiger partial charge on any atom is -0.314 e. The molecule has 1 aliphatic rings. The molecule has 21 heavy (non-hydrogen) atoms. The monoisotopic (exact) mass is 313 g/mol. The van der Waals surface area contributed by atoms with E-state index in [-0.39, 0.29) is 5.82 Å². The van der Waals surface area contributed by atoms with E-state index in [1.807, 2.05) is 0 Å². The Hall–Kier alpha value is -1.25. The molecule has 0 aliphatic carbocycles. The summed E-state index contributed by atoms with van der Waals surface area (Å²) in [6.45, 7) is 6.26. The van der Waals surface area contributed by atoms with Gasteiger partial charge in [0.2, 0.25) is 0 Å². The smallest absolute Gasteiger partial charge is 0.302 e. The topological polar surface area (TPSA) is 87.2 Å². The number of aromatic nitrogens is 2. The molecule has 0 atom stereocenters. The average Bonchev–Trinajstić information content (AvgIpc) is 2.46. The zero-order valence-corrected chi connectivity index (χ0v) is 13.3. The Labute approximate surface area is 126 Å². The maximum absolute atomic E-state index is 12.3. The van der Waals surface area contributed by atoms with Gasteiger partial charge in [-0.15, -0.1) is 5.10 Å². The van der Waals surface area contributed by atoms with E-state index in [2.05, 4.69) is 34.1 Å². The third-order valence-electron chi connectivity index (χ3n) is 3.53. The lowest BCUT2D eigenvalue weighted by Gasteiger charge is -2.31. The average molecular weight is 313 g/mol. The Morgan fingerprint density at radius 3 is 2.67 bits per heavy atom. The third kappa shape index (κ3) is 4.90. The molecule has 0 amide bonds. The van der Waals surface area contributed by atoms with Gasteiger partial charge in [-0.25, -0.2) is 0 Å². The second-order valence-electron chi connectivity index (χ2n) is 5.62. The molecule has 1 aromatic rings. The van der Waals surface area contributed by atoms with Gasteiger partial charge in [0.05, 0.1) is 0 Å². The molecule has 1 aromatic heterocycles. The summed E-state index contributed by atoms with van der Waals surface area (Å²) >= 11 is 0. The highest BCUT2D eigenvalue weighted by molar-refractivity contribution is 7.90. The summed E-state index contributed by atoms with van der Waals surface area (Å²) in [4.78, 5) is 0. The van der Waals surface area contributed by atoms with E-state index in [4.69, 9.17) is 0 Å². The summed E-state index contributed by atoms with van der Waals surface area (Å²) in [7, 11) is -3.53. The first-order valence-corrected chi connectivity index (χ1v) is 8.70. The zero-order valence-electron chi connectivity index (χ0n) is 12.5. The first kappa shape index (κ1) is 16.1. The number of rotatable bonds is 6. The Balaban J connectivity index is 1.86. The highest BCUT2D eigenvalue weighted by atomic mass is 32.2. The normalized spacial score (nSPS) is 18.0. The second kappa shape index (κ2) is 7.15. The lowest BCUT2D eigenvalue weighted by atomic mass is 9.98. The Kier molecular flexibility index (Phi) is 5.49. The highest BCUT2D eigenvalue weighted by Gasteiger charge is 2.28. The number of nitrogens with zero attached hydrogens (tertiary/aromatic N) is 3. The fraction of sp³-hybridized carbons (Fsp3) is 0.692.